The lowest BCUT2D eigenvalue weighted by Gasteiger charge is -2.35. The van der Waals surface area contributed by atoms with Gasteiger partial charge in [0.05, 0.1) is 0 Å². The Hall–Kier alpha value is -1.25. The molecule has 0 bridgehead atoms. The Kier molecular flexibility index (Phi) is 6.73. The molecule has 0 saturated heterocycles. The van der Waals surface area contributed by atoms with Gasteiger partial charge in [-0.2, -0.15) is 0 Å². The molecular formula is C19H26NO2P. The highest BCUT2D eigenvalue weighted by atomic mass is 31.2. The zero-order valence-corrected chi connectivity index (χ0v) is 15.1. The van der Waals surface area contributed by atoms with Gasteiger partial charge < -0.3 is 9.42 Å². The number of benzene rings is 2. The Labute approximate surface area is 140 Å². The van der Waals surface area contributed by atoms with Crippen molar-refractivity contribution in [3.63, 3.8) is 0 Å². The monoisotopic (exact) mass is 331 g/mol. The third-order valence-electron chi connectivity index (χ3n) is 3.66. The van der Waals surface area contributed by atoms with Crippen LogP contribution in [0, 0.1) is 0 Å². The van der Waals surface area contributed by atoms with E-state index in [1.165, 1.54) is 0 Å². The zero-order valence-electron chi connectivity index (χ0n) is 14.3. The smallest absolute Gasteiger partial charge is 0.257 e. The van der Waals surface area contributed by atoms with Crippen molar-refractivity contribution in [3.05, 3.63) is 71.8 Å². The molecule has 2 rings (SSSR count). The van der Waals surface area contributed by atoms with Gasteiger partial charge in [0, 0.05) is 12.1 Å². The van der Waals surface area contributed by atoms with Crippen molar-refractivity contribution in [1.82, 2.24) is 4.67 Å². The molecular weight excluding hydrogens is 305 g/mol. The topological polar surface area (TPSA) is 32.7 Å². The van der Waals surface area contributed by atoms with E-state index in [9.17, 15) is 4.89 Å². The minimum atomic E-state index is -1.68. The first-order valence-electron chi connectivity index (χ1n) is 8.04. The number of hydrogen-bond acceptors (Lipinski definition) is 3. The Morgan fingerprint density at radius 1 is 0.783 bits per heavy atom. The van der Waals surface area contributed by atoms with E-state index in [0.29, 0.717) is 0 Å². The molecule has 3 nitrogen and oxygen atoms in total. The largest absolute Gasteiger partial charge is 0.338 e. The van der Waals surface area contributed by atoms with Crippen molar-refractivity contribution in [2.24, 2.45) is 0 Å². The maximum absolute atomic E-state index is 10.7. The van der Waals surface area contributed by atoms with Crippen LogP contribution >= 0.6 is 8.53 Å². The normalized spacial score (nSPS) is 13.3. The van der Waals surface area contributed by atoms with Crippen molar-refractivity contribution in [3.8, 4) is 0 Å². The second-order valence-corrected chi connectivity index (χ2v) is 7.31. The first-order chi connectivity index (χ1) is 11.0. The SMILES string of the molecule is CC(C)N(C(C)C)P(O)OC(c1ccccc1)c1ccccc1. The molecule has 4 heteroatoms. The molecule has 124 valence electrons. The fraction of sp³-hybridized carbons (Fsp3) is 0.368. The summed E-state index contributed by atoms with van der Waals surface area (Å²) in [7, 11) is -1.68. The van der Waals surface area contributed by atoms with Crippen LogP contribution < -0.4 is 0 Å². The van der Waals surface area contributed by atoms with Gasteiger partial charge in [0.2, 0.25) is 0 Å². The molecule has 1 unspecified atom stereocenters. The van der Waals surface area contributed by atoms with E-state index in [0.717, 1.165) is 11.1 Å². The number of nitrogens with zero attached hydrogens (tertiary/aromatic N) is 1. The van der Waals surface area contributed by atoms with Crippen molar-refractivity contribution in [2.45, 2.75) is 45.9 Å². The minimum absolute atomic E-state index is 0.221. The van der Waals surface area contributed by atoms with Crippen LogP contribution in [-0.4, -0.2) is 21.6 Å². The lowest BCUT2D eigenvalue weighted by atomic mass is 10.0. The molecule has 0 fully saturated rings. The summed E-state index contributed by atoms with van der Waals surface area (Å²) < 4.78 is 8.18. The second-order valence-electron chi connectivity index (χ2n) is 6.13. The van der Waals surface area contributed by atoms with Crippen molar-refractivity contribution >= 4 is 8.53 Å². The molecule has 23 heavy (non-hydrogen) atoms. The molecule has 0 aromatic heterocycles. The number of rotatable bonds is 7. The molecule has 0 aliphatic rings. The van der Waals surface area contributed by atoms with Crippen LogP contribution in [0.3, 0.4) is 0 Å². The third kappa shape index (κ3) is 4.86. The van der Waals surface area contributed by atoms with Crippen LogP contribution in [0.2, 0.25) is 0 Å². The maximum Gasteiger partial charge on any atom is 0.257 e. The van der Waals surface area contributed by atoms with Crippen molar-refractivity contribution in [2.75, 3.05) is 0 Å². The summed E-state index contributed by atoms with van der Waals surface area (Å²) in [6.45, 7) is 8.31. The highest BCUT2D eigenvalue weighted by Crippen LogP contribution is 2.46. The summed E-state index contributed by atoms with van der Waals surface area (Å²) in [5.74, 6) is 0. The van der Waals surface area contributed by atoms with Crippen LogP contribution in [0.4, 0.5) is 0 Å². The van der Waals surface area contributed by atoms with Crippen LogP contribution in [-0.2, 0) is 4.52 Å². The van der Waals surface area contributed by atoms with E-state index in [4.69, 9.17) is 4.52 Å². The van der Waals surface area contributed by atoms with Crippen LogP contribution in [0.25, 0.3) is 0 Å². The van der Waals surface area contributed by atoms with E-state index in [1.54, 1.807) is 0 Å². The van der Waals surface area contributed by atoms with Crippen LogP contribution in [0.15, 0.2) is 60.7 Å². The Balaban J connectivity index is 2.28. The summed E-state index contributed by atoms with van der Waals surface area (Å²) in [5, 5.41) is 0. The van der Waals surface area contributed by atoms with Gasteiger partial charge in [-0.05, 0) is 38.8 Å². The molecule has 1 N–H and O–H groups in total. The fourth-order valence-electron chi connectivity index (χ4n) is 2.71. The third-order valence-corrected chi connectivity index (χ3v) is 5.38. The van der Waals surface area contributed by atoms with Gasteiger partial charge in [0.25, 0.3) is 8.53 Å². The average Bonchev–Trinajstić information content (AvgIpc) is 2.53. The Morgan fingerprint density at radius 3 is 1.52 bits per heavy atom. The van der Waals surface area contributed by atoms with Crippen LogP contribution in [0.5, 0.6) is 0 Å². The van der Waals surface area contributed by atoms with Gasteiger partial charge in [-0.3, -0.25) is 0 Å². The molecule has 0 spiro atoms. The molecule has 1 atom stereocenters. The first kappa shape index (κ1) is 18.1. The maximum atomic E-state index is 10.7. The fourth-order valence-corrected chi connectivity index (χ4v) is 4.04. The standard InChI is InChI=1S/C19H26NO2P/c1-15(2)20(16(3)4)23(21)22-19(17-11-7-5-8-12-17)18-13-9-6-10-14-18/h5-16,19,21H,1-4H3. The van der Waals surface area contributed by atoms with Gasteiger partial charge in [0.15, 0.2) is 0 Å². The van der Waals surface area contributed by atoms with E-state index in [1.807, 2.05) is 65.3 Å². The molecule has 0 aliphatic carbocycles. The van der Waals surface area contributed by atoms with Gasteiger partial charge in [0.1, 0.15) is 6.10 Å². The summed E-state index contributed by atoms with van der Waals surface area (Å²) in [6.07, 6.45) is -0.270. The summed E-state index contributed by atoms with van der Waals surface area (Å²) in [5.41, 5.74) is 2.10. The van der Waals surface area contributed by atoms with E-state index in [-0.39, 0.29) is 18.2 Å². The van der Waals surface area contributed by atoms with Gasteiger partial charge in [-0.15, -0.1) is 0 Å². The van der Waals surface area contributed by atoms with E-state index >= 15 is 0 Å². The highest BCUT2D eigenvalue weighted by molar-refractivity contribution is 7.43. The lowest BCUT2D eigenvalue weighted by molar-refractivity contribution is 0.179. The van der Waals surface area contributed by atoms with Crippen LogP contribution in [0.1, 0.15) is 44.9 Å². The van der Waals surface area contributed by atoms with Crippen molar-refractivity contribution in [1.29, 1.82) is 0 Å². The van der Waals surface area contributed by atoms with E-state index in [2.05, 4.69) is 27.7 Å². The highest BCUT2D eigenvalue weighted by Gasteiger charge is 2.28. The Bertz CT molecular complexity index is 527. The molecule has 0 heterocycles. The van der Waals surface area contributed by atoms with Crippen molar-refractivity contribution < 1.29 is 9.42 Å². The molecule has 2 aromatic rings. The molecule has 0 aliphatic heterocycles. The summed E-state index contributed by atoms with van der Waals surface area (Å²) in [4.78, 5) is 10.7. The summed E-state index contributed by atoms with van der Waals surface area (Å²) in [6, 6.07) is 20.6. The molecule has 0 radical (unpaired) electrons. The predicted molar refractivity (Wildman–Crippen MR) is 97.1 cm³/mol. The Morgan fingerprint density at radius 2 is 1.17 bits per heavy atom. The predicted octanol–water partition coefficient (Wildman–Crippen LogP) is 5.13. The summed E-state index contributed by atoms with van der Waals surface area (Å²) >= 11 is 0. The molecule has 2 aromatic carbocycles. The average molecular weight is 331 g/mol. The lowest BCUT2D eigenvalue weighted by Crippen LogP contribution is -2.33. The first-order valence-corrected chi connectivity index (χ1v) is 9.21. The molecule has 0 amide bonds. The second kappa shape index (κ2) is 8.56. The van der Waals surface area contributed by atoms with Gasteiger partial charge in [-0.25, -0.2) is 4.67 Å². The minimum Gasteiger partial charge on any atom is -0.338 e. The van der Waals surface area contributed by atoms with Gasteiger partial charge in [-0.1, -0.05) is 60.7 Å². The quantitative estimate of drug-likeness (QED) is 0.714. The number of hydrogen-bond donors (Lipinski definition) is 1. The zero-order chi connectivity index (χ0) is 16.8. The van der Waals surface area contributed by atoms with Gasteiger partial charge >= 0.3 is 0 Å². The molecule has 0 saturated carbocycles. The van der Waals surface area contributed by atoms with E-state index < -0.39 is 8.53 Å².